The number of aromatic nitrogens is 2. The fourth-order valence-electron chi connectivity index (χ4n) is 5.08. The highest BCUT2D eigenvalue weighted by atomic mass is 19.1. The third kappa shape index (κ3) is 5.83. The van der Waals surface area contributed by atoms with Crippen LogP contribution >= 0.6 is 0 Å². The lowest BCUT2D eigenvalue weighted by atomic mass is 9.98. The number of likely N-dealkylation sites (tertiary alicyclic amines) is 1. The summed E-state index contributed by atoms with van der Waals surface area (Å²) in [6.07, 6.45) is 5.10. The minimum atomic E-state index is -0.538. The van der Waals surface area contributed by atoms with Crippen molar-refractivity contribution in [2.75, 3.05) is 49.6 Å². The molecule has 0 amide bonds. The zero-order chi connectivity index (χ0) is 26.6. The molecule has 1 saturated heterocycles. The SMILES string of the molecule is CCN1CCC(COc2ccc(Nc3cc(-c4cc(F)c5c(c4)N(C(C)C)CCO5)c(F)cn3)nc2)CC1. The Kier molecular flexibility index (Phi) is 7.93. The molecule has 2 aromatic heterocycles. The van der Waals surface area contributed by atoms with Crippen molar-refractivity contribution >= 4 is 17.3 Å². The van der Waals surface area contributed by atoms with Gasteiger partial charge in [0.2, 0.25) is 0 Å². The highest BCUT2D eigenvalue weighted by Crippen LogP contribution is 2.40. The van der Waals surface area contributed by atoms with Crippen LogP contribution < -0.4 is 19.7 Å². The largest absolute Gasteiger partial charge is 0.492 e. The third-order valence-corrected chi connectivity index (χ3v) is 7.33. The molecule has 0 spiro atoms. The van der Waals surface area contributed by atoms with Gasteiger partial charge in [0.15, 0.2) is 11.6 Å². The van der Waals surface area contributed by atoms with E-state index in [4.69, 9.17) is 9.47 Å². The van der Waals surface area contributed by atoms with E-state index in [1.54, 1.807) is 24.4 Å². The van der Waals surface area contributed by atoms with Crippen LogP contribution in [0, 0.1) is 17.6 Å². The van der Waals surface area contributed by atoms with Crippen molar-refractivity contribution in [3.63, 3.8) is 0 Å². The minimum absolute atomic E-state index is 0.152. The van der Waals surface area contributed by atoms with Crippen LogP contribution in [0.15, 0.2) is 42.7 Å². The van der Waals surface area contributed by atoms with Crippen LogP contribution in [0.4, 0.5) is 26.1 Å². The lowest BCUT2D eigenvalue weighted by molar-refractivity contribution is 0.145. The van der Waals surface area contributed by atoms with Gasteiger partial charge in [-0.15, -0.1) is 0 Å². The lowest BCUT2D eigenvalue weighted by Gasteiger charge is -2.35. The van der Waals surface area contributed by atoms with Crippen molar-refractivity contribution in [1.82, 2.24) is 14.9 Å². The van der Waals surface area contributed by atoms with E-state index < -0.39 is 11.6 Å². The van der Waals surface area contributed by atoms with Gasteiger partial charge in [0, 0.05) is 11.6 Å². The molecule has 0 bridgehead atoms. The number of benzene rings is 1. The Hall–Kier alpha value is -3.46. The van der Waals surface area contributed by atoms with E-state index in [0.29, 0.717) is 54.3 Å². The third-order valence-electron chi connectivity index (χ3n) is 7.33. The van der Waals surface area contributed by atoms with Crippen molar-refractivity contribution in [3.05, 3.63) is 54.4 Å². The normalized spacial score (nSPS) is 16.3. The number of pyridine rings is 2. The molecule has 0 aliphatic carbocycles. The molecule has 7 nitrogen and oxygen atoms in total. The Balaban J connectivity index is 1.28. The standard InChI is InChI=1S/C29H35F2N5O2/c1-4-35-9-7-20(8-10-35)18-38-22-5-6-27(32-16-22)34-28-15-23(25(31)17-33-28)21-13-24(30)29-26(14-21)36(19(2)3)11-12-37-29/h5-6,13-17,19-20H,4,7-12,18H2,1-3H3,(H,32,33,34). The molecule has 4 heterocycles. The number of rotatable bonds is 8. The molecule has 0 radical (unpaired) electrons. The Morgan fingerprint density at radius 2 is 1.82 bits per heavy atom. The molecule has 2 aliphatic rings. The van der Waals surface area contributed by atoms with E-state index in [1.807, 2.05) is 19.9 Å². The number of hydrogen-bond donors (Lipinski definition) is 1. The van der Waals surface area contributed by atoms with Gasteiger partial charge in [-0.3, -0.25) is 0 Å². The predicted octanol–water partition coefficient (Wildman–Crippen LogP) is 5.88. The maximum absolute atomic E-state index is 15.0. The van der Waals surface area contributed by atoms with Crippen molar-refractivity contribution in [1.29, 1.82) is 0 Å². The van der Waals surface area contributed by atoms with Crippen LogP contribution in [0.2, 0.25) is 0 Å². The number of fused-ring (bicyclic) bond motifs is 1. The molecule has 1 fully saturated rings. The van der Waals surface area contributed by atoms with Gasteiger partial charge in [0.05, 0.1) is 31.2 Å². The molecule has 0 saturated carbocycles. The molecule has 1 N–H and O–H groups in total. The monoisotopic (exact) mass is 523 g/mol. The van der Waals surface area contributed by atoms with Crippen molar-refractivity contribution in [2.24, 2.45) is 5.92 Å². The van der Waals surface area contributed by atoms with E-state index >= 15 is 0 Å². The molecule has 38 heavy (non-hydrogen) atoms. The second-order valence-corrected chi connectivity index (χ2v) is 10.2. The molecular formula is C29H35F2N5O2. The number of ether oxygens (including phenoxy) is 2. The van der Waals surface area contributed by atoms with Crippen molar-refractivity contribution < 1.29 is 18.3 Å². The van der Waals surface area contributed by atoms with E-state index in [1.165, 1.54) is 6.07 Å². The summed E-state index contributed by atoms with van der Waals surface area (Å²) in [6, 6.07) is 8.46. The van der Waals surface area contributed by atoms with Crippen LogP contribution in [0.5, 0.6) is 11.5 Å². The summed E-state index contributed by atoms with van der Waals surface area (Å²) in [7, 11) is 0. The van der Waals surface area contributed by atoms with Gasteiger partial charge < -0.3 is 24.6 Å². The summed E-state index contributed by atoms with van der Waals surface area (Å²) in [5.74, 6) is 1.38. The summed E-state index contributed by atoms with van der Waals surface area (Å²) < 4.78 is 41.4. The smallest absolute Gasteiger partial charge is 0.178 e. The average molecular weight is 524 g/mol. The molecule has 5 rings (SSSR count). The van der Waals surface area contributed by atoms with Gasteiger partial charge in [0.25, 0.3) is 0 Å². The van der Waals surface area contributed by atoms with Crippen LogP contribution in [0.1, 0.15) is 33.6 Å². The molecule has 1 aromatic carbocycles. The Morgan fingerprint density at radius 3 is 2.53 bits per heavy atom. The van der Waals surface area contributed by atoms with Crippen molar-refractivity contribution in [2.45, 2.75) is 39.7 Å². The van der Waals surface area contributed by atoms with Crippen molar-refractivity contribution in [3.8, 4) is 22.6 Å². The average Bonchev–Trinajstić information content (AvgIpc) is 2.93. The maximum atomic E-state index is 15.0. The molecule has 202 valence electrons. The van der Waals surface area contributed by atoms with Gasteiger partial charge in [-0.2, -0.15) is 0 Å². The highest BCUT2D eigenvalue weighted by Gasteiger charge is 2.25. The molecule has 2 aliphatic heterocycles. The number of nitrogens with zero attached hydrogens (tertiary/aromatic N) is 4. The van der Waals surface area contributed by atoms with E-state index in [-0.39, 0.29) is 17.4 Å². The topological polar surface area (TPSA) is 62.8 Å². The summed E-state index contributed by atoms with van der Waals surface area (Å²) >= 11 is 0. The second-order valence-electron chi connectivity index (χ2n) is 10.2. The Labute approximate surface area is 222 Å². The zero-order valence-electron chi connectivity index (χ0n) is 22.2. The van der Waals surface area contributed by atoms with Crippen LogP contribution in [-0.2, 0) is 0 Å². The molecule has 9 heteroatoms. The number of piperidine rings is 1. The predicted molar refractivity (Wildman–Crippen MR) is 145 cm³/mol. The lowest BCUT2D eigenvalue weighted by Crippen LogP contribution is -2.38. The fraction of sp³-hybridized carbons (Fsp3) is 0.448. The number of halogens is 2. The zero-order valence-corrected chi connectivity index (χ0v) is 22.2. The highest BCUT2D eigenvalue weighted by molar-refractivity contribution is 5.76. The molecular weight excluding hydrogens is 488 g/mol. The number of anilines is 3. The molecule has 0 unspecified atom stereocenters. The maximum Gasteiger partial charge on any atom is 0.178 e. The minimum Gasteiger partial charge on any atom is -0.492 e. The number of hydrogen-bond acceptors (Lipinski definition) is 7. The molecule has 0 atom stereocenters. The fourth-order valence-corrected chi connectivity index (χ4v) is 5.08. The van der Waals surface area contributed by atoms with E-state index in [2.05, 4.69) is 32.0 Å². The van der Waals surface area contributed by atoms with Gasteiger partial charge >= 0.3 is 0 Å². The van der Waals surface area contributed by atoms with E-state index in [0.717, 1.165) is 38.7 Å². The first-order valence-electron chi connectivity index (χ1n) is 13.4. The summed E-state index contributed by atoms with van der Waals surface area (Å²) in [6.45, 7) is 11.4. The summed E-state index contributed by atoms with van der Waals surface area (Å²) in [4.78, 5) is 13.1. The quantitative estimate of drug-likeness (QED) is 0.395. The van der Waals surface area contributed by atoms with Gasteiger partial charge in [-0.05, 0) is 88.1 Å². The summed E-state index contributed by atoms with van der Waals surface area (Å²) in [5, 5.41) is 3.11. The van der Waals surface area contributed by atoms with Crippen LogP contribution in [0.3, 0.4) is 0 Å². The summed E-state index contributed by atoms with van der Waals surface area (Å²) in [5.41, 5.74) is 1.29. The first-order chi connectivity index (χ1) is 18.4. The van der Waals surface area contributed by atoms with Crippen LogP contribution in [0.25, 0.3) is 11.1 Å². The number of nitrogens with one attached hydrogen (secondary N) is 1. The van der Waals surface area contributed by atoms with Gasteiger partial charge in [0.1, 0.15) is 29.8 Å². The Morgan fingerprint density at radius 1 is 1.03 bits per heavy atom. The van der Waals surface area contributed by atoms with Gasteiger partial charge in [-0.1, -0.05) is 6.92 Å². The Bertz CT molecular complexity index is 1250. The van der Waals surface area contributed by atoms with Crippen LogP contribution in [-0.4, -0.2) is 60.3 Å². The van der Waals surface area contributed by atoms with Gasteiger partial charge in [-0.25, -0.2) is 18.7 Å². The van der Waals surface area contributed by atoms with E-state index in [9.17, 15) is 8.78 Å². The first-order valence-corrected chi connectivity index (χ1v) is 13.4. The molecule has 3 aromatic rings. The second kappa shape index (κ2) is 11.5. The first kappa shape index (κ1) is 26.2.